The summed E-state index contributed by atoms with van der Waals surface area (Å²) in [5, 5.41) is 3.60. The fourth-order valence-electron chi connectivity index (χ4n) is 1.96. The van der Waals surface area contributed by atoms with E-state index < -0.39 is 0 Å². The van der Waals surface area contributed by atoms with E-state index in [4.69, 9.17) is 0 Å². The highest BCUT2D eigenvalue weighted by molar-refractivity contribution is 5.14. The van der Waals surface area contributed by atoms with Crippen molar-refractivity contribution in [3.8, 4) is 0 Å². The Morgan fingerprint density at radius 3 is 2.44 bits per heavy atom. The van der Waals surface area contributed by atoms with E-state index in [0.29, 0.717) is 6.04 Å². The largest absolute Gasteiger partial charge is 0.314 e. The molecule has 1 heteroatoms. The average molecular weight is 219 g/mol. The summed E-state index contributed by atoms with van der Waals surface area (Å²) in [5.74, 6) is 0.833. The summed E-state index contributed by atoms with van der Waals surface area (Å²) in [7, 11) is 0. The third-order valence-corrected chi connectivity index (χ3v) is 3.20. The molecule has 1 aromatic carbocycles. The minimum Gasteiger partial charge on any atom is -0.314 e. The first kappa shape index (κ1) is 13.2. The Bertz CT molecular complexity index is 268. The summed E-state index contributed by atoms with van der Waals surface area (Å²) in [6, 6.07) is 11.3. The molecule has 0 bridgehead atoms. The first-order valence-corrected chi connectivity index (χ1v) is 6.49. The molecule has 0 saturated heterocycles. The van der Waals surface area contributed by atoms with Gasteiger partial charge < -0.3 is 5.32 Å². The van der Waals surface area contributed by atoms with Crippen molar-refractivity contribution in [2.24, 2.45) is 5.92 Å². The first-order chi connectivity index (χ1) is 7.72. The normalized spacial score (nSPS) is 14.7. The maximum atomic E-state index is 3.60. The molecule has 1 aromatic rings. The van der Waals surface area contributed by atoms with Gasteiger partial charge in [-0.3, -0.25) is 0 Å². The Morgan fingerprint density at radius 2 is 1.81 bits per heavy atom. The van der Waals surface area contributed by atoms with Gasteiger partial charge in [0.1, 0.15) is 0 Å². The molecule has 0 heterocycles. The van der Waals surface area contributed by atoms with Crippen molar-refractivity contribution in [3.63, 3.8) is 0 Å². The number of hydrogen-bond donors (Lipinski definition) is 1. The quantitative estimate of drug-likeness (QED) is 0.738. The maximum absolute atomic E-state index is 3.60. The smallest absolute Gasteiger partial charge is 0.00413 e. The van der Waals surface area contributed by atoms with Gasteiger partial charge >= 0.3 is 0 Å². The minimum atomic E-state index is 0.638. The third-order valence-electron chi connectivity index (χ3n) is 3.20. The molecule has 16 heavy (non-hydrogen) atoms. The monoisotopic (exact) mass is 219 g/mol. The molecule has 1 N–H and O–H groups in total. The van der Waals surface area contributed by atoms with Crippen LogP contribution in [0.15, 0.2) is 30.3 Å². The van der Waals surface area contributed by atoms with Gasteiger partial charge in [0.05, 0.1) is 0 Å². The Balaban J connectivity index is 2.15. The van der Waals surface area contributed by atoms with Gasteiger partial charge in [-0.15, -0.1) is 0 Å². The number of rotatable bonds is 7. The van der Waals surface area contributed by atoms with E-state index in [-0.39, 0.29) is 0 Å². The summed E-state index contributed by atoms with van der Waals surface area (Å²) in [5.41, 5.74) is 1.42. The summed E-state index contributed by atoms with van der Waals surface area (Å²) in [6.45, 7) is 7.97. The van der Waals surface area contributed by atoms with E-state index in [1.807, 2.05) is 0 Å². The lowest BCUT2D eigenvalue weighted by Crippen LogP contribution is -2.29. The van der Waals surface area contributed by atoms with Crippen LogP contribution in [-0.4, -0.2) is 12.6 Å². The Labute approximate surface area is 100 Å². The number of nitrogens with one attached hydrogen (secondary N) is 1. The molecule has 0 spiro atoms. The molecule has 1 nitrogen and oxygen atoms in total. The maximum Gasteiger partial charge on any atom is 0.00413 e. The molecule has 2 unspecified atom stereocenters. The second-order valence-corrected chi connectivity index (χ2v) is 4.84. The molecule has 2 atom stereocenters. The zero-order chi connectivity index (χ0) is 11.8. The van der Waals surface area contributed by atoms with E-state index in [9.17, 15) is 0 Å². The van der Waals surface area contributed by atoms with Crippen molar-refractivity contribution >= 4 is 0 Å². The zero-order valence-electron chi connectivity index (χ0n) is 10.9. The molecule has 0 fully saturated rings. The van der Waals surface area contributed by atoms with Crippen molar-refractivity contribution in [3.05, 3.63) is 35.9 Å². The van der Waals surface area contributed by atoms with E-state index in [1.165, 1.54) is 18.4 Å². The minimum absolute atomic E-state index is 0.638. The fourth-order valence-corrected chi connectivity index (χ4v) is 1.96. The van der Waals surface area contributed by atoms with Gasteiger partial charge in [-0.05, 0) is 37.8 Å². The molecule has 0 aliphatic carbocycles. The number of hydrogen-bond acceptors (Lipinski definition) is 1. The lowest BCUT2D eigenvalue weighted by Gasteiger charge is -2.17. The molecule has 0 radical (unpaired) electrons. The van der Waals surface area contributed by atoms with Gasteiger partial charge in [0.15, 0.2) is 0 Å². The summed E-state index contributed by atoms with van der Waals surface area (Å²) in [4.78, 5) is 0. The average Bonchev–Trinajstić information content (AvgIpc) is 2.30. The van der Waals surface area contributed by atoms with Crippen molar-refractivity contribution in [1.82, 2.24) is 5.32 Å². The Hall–Kier alpha value is -0.820. The van der Waals surface area contributed by atoms with Crippen molar-refractivity contribution in [2.45, 2.75) is 46.1 Å². The van der Waals surface area contributed by atoms with Crippen LogP contribution in [0.4, 0.5) is 0 Å². The SMILES string of the molecule is CCC(C)CC(C)NCCc1ccccc1. The molecular weight excluding hydrogens is 194 g/mol. The van der Waals surface area contributed by atoms with Crippen LogP contribution >= 0.6 is 0 Å². The highest BCUT2D eigenvalue weighted by Gasteiger charge is 2.05. The Morgan fingerprint density at radius 1 is 1.12 bits per heavy atom. The van der Waals surface area contributed by atoms with Crippen LogP contribution in [0, 0.1) is 5.92 Å². The molecule has 0 amide bonds. The molecule has 90 valence electrons. The lowest BCUT2D eigenvalue weighted by atomic mass is 10.0. The van der Waals surface area contributed by atoms with Gasteiger partial charge in [-0.2, -0.15) is 0 Å². The van der Waals surface area contributed by atoms with Crippen LogP contribution in [0.5, 0.6) is 0 Å². The zero-order valence-corrected chi connectivity index (χ0v) is 10.9. The predicted molar refractivity (Wildman–Crippen MR) is 71.7 cm³/mol. The van der Waals surface area contributed by atoms with E-state index in [1.54, 1.807) is 0 Å². The van der Waals surface area contributed by atoms with Crippen molar-refractivity contribution < 1.29 is 0 Å². The van der Waals surface area contributed by atoms with Gasteiger partial charge in [0, 0.05) is 6.04 Å². The van der Waals surface area contributed by atoms with Gasteiger partial charge in [0.25, 0.3) is 0 Å². The van der Waals surface area contributed by atoms with Crippen LogP contribution in [0.3, 0.4) is 0 Å². The summed E-state index contributed by atoms with van der Waals surface area (Å²) < 4.78 is 0. The van der Waals surface area contributed by atoms with Crippen LogP contribution < -0.4 is 5.32 Å². The van der Waals surface area contributed by atoms with Crippen LogP contribution in [0.2, 0.25) is 0 Å². The summed E-state index contributed by atoms with van der Waals surface area (Å²) in [6.07, 6.45) is 3.70. The van der Waals surface area contributed by atoms with Crippen LogP contribution in [-0.2, 0) is 6.42 Å². The van der Waals surface area contributed by atoms with Crippen molar-refractivity contribution in [2.75, 3.05) is 6.54 Å². The fraction of sp³-hybridized carbons (Fsp3) is 0.600. The standard InChI is InChI=1S/C15H25N/c1-4-13(2)12-14(3)16-11-10-15-8-6-5-7-9-15/h5-9,13-14,16H,4,10-12H2,1-3H3. The summed E-state index contributed by atoms with van der Waals surface area (Å²) >= 11 is 0. The predicted octanol–water partition coefficient (Wildman–Crippen LogP) is 3.64. The van der Waals surface area contributed by atoms with E-state index in [0.717, 1.165) is 18.9 Å². The van der Waals surface area contributed by atoms with E-state index >= 15 is 0 Å². The highest BCUT2D eigenvalue weighted by Crippen LogP contribution is 2.09. The Kier molecular flexibility index (Phi) is 6.17. The molecule has 0 aliphatic heterocycles. The van der Waals surface area contributed by atoms with Crippen LogP contribution in [0.1, 0.15) is 39.2 Å². The first-order valence-electron chi connectivity index (χ1n) is 6.49. The van der Waals surface area contributed by atoms with Gasteiger partial charge in [-0.25, -0.2) is 0 Å². The second kappa shape index (κ2) is 7.45. The molecule has 0 aliphatic rings. The molecule has 0 saturated carbocycles. The lowest BCUT2D eigenvalue weighted by molar-refractivity contribution is 0.415. The second-order valence-electron chi connectivity index (χ2n) is 4.84. The molecular formula is C15H25N. The van der Waals surface area contributed by atoms with Crippen LogP contribution in [0.25, 0.3) is 0 Å². The topological polar surface area (TPSA) is 12.0 Å². The highest BCUT2D eigenvalue weighted by atomic mass is 14.9. The third kappa shape index (κ3) is 5.32. The molecule has 1 rings (SSSR count). The number of benzene rings is 1. The van der Waals surface area contributed by atoms with Gasteiger partial charge in [-0.1, -0.05) is 50.6 Å². The van der Waals surface area contributed by atoms with E-state index in [2.05, 4.69) is 56.4 Å². The van der Waals surface area contributed by atoms with Crippen molar-refractivity contribution in [1.29, 1.82) is 0 Å². The molecule has 0 aromatic heterocycles. The van der Waals surface area contributed by atoms with Gasteiger partial charge in [0.2, 0.25) is 0 Å².